The van der Waals surface area contributed by atoms with Crippen molar-refractivity contribution in [2.75, 3.05) is 27.3 Å². The summed E-state index contributed by atoms with van der Waals surface area (Å²) in [7, 11) is 3.24. The summed E-state index contributed by atoms with van der Waals surface area (Å²) < 4.78 is 10.6. The van der Waals surface area contributed by atoms with Crippen molar-refractivity contribution in [2.45, 2.75) is 18.9 Å². The van der Waals surface area contributed by atoms with Gasteiger partial charge in [0.05, 0.1) is 14.2 Å². The molecular formula is C13H19NO3. The number of methoxy groups -OCH3 is 2. The van der Waals surface area contributed by atoms with E-state index in [9.17, 15) is 5.11 Å². The maximum Gasteiger partial charge on any atom is 0.128 e. The molecule has 1 heterocycles. The highest BCUT2D eigenvalue weighted by Gasteiger charge is 2.37. The Hall–Kier alpha value is -1.26. The molecule has 0 aliphatic carbocycles. The van der Waals surface area contributed by atoms with Gasteiger partial charge < -0.3 is 19.9 Å². The van der Waals surface area contributed by atoms with Gasteiger partial charge in [0.15, 0.2) is 0 Å². The Balaban J connectivity index is 2.52. The molecule has 0 aromatic heterocycles. The van der Waals surface area contributed by atoms with Crippen LogP contribution in [0.15, 0.2) is 12.1 Å². The fourth-order valence-electron chi connectivity index (χ4n) is 2.49. The molecule has 1 aromatic carbocycles. The molecular weight excluding hydrogens is 218 g/mol. The normalized spacial score (nSPS) is 23.8. The van der Waals surface area contributed by atoms with Crippen LogP contribution in [0.2, 0.25) is 0 Å². The first-order valence-electron chi connectivity index (χ1n) is 5.77. The number of β-amino-alcohol motifs (C(OH)–C–C–N with tert-alkyl or cyclic N) is 1. The first kappa shape index (κ1) is 12.2. The fraction of sp³-hybridized carbons (Fsp3) is 0.538. The standard InChI is InChI=1S/C13H19NO3/c1-9-6-10(16-2)7-11(17-3)12(9)13(15)4-5-14-8-13/h6-7,14-15H,4-5,8H2,1-3H3. The minimum Gasteiger partial charge on any atom is -0.497 e. The van der Waals surface area contributed by atoms with E-state index < -0.39 is 5.60 Å². The van der Waals surface area contributed by atoms with Crippen LogP contribution in [0.3, 0.4) is 0 Å². The molecule has 1 aliphatic heterocycles. The summed E-state index contributed by atoms with van der Waals surface area (Å²) in [6.07, 6.45) is 0.705. The third-order valence-corrected chi connectivity index (χ3v) is 3.33. The zero-order chi connectivity index (χ0) is 12.5. The average Bonchev–Trinajstić information content (AvgIpc) is 2.75. The molecule has 1 fully saturated rings. The van der Waals surface area contributed by atoms with Gasteiger partial charge in [-0.25, -0.2) is 0 Å². The quantitative estimate of drug-likeness (QED) is 0.829. The first-order chi connectivity index (χ1) is 8.10. The van der Waals surface area contributed by atoms with Crippen molar-refractivity contribution >= 4 is 0 Å². The van der Waals surface area contributed by atoms with E-state index in [2.05, 4.69) is 5.32 Å². The number of nitrogens with one attached hydrogen (secondary N) is 1. The van der Waals surface area contributed by atoms with Crippen molar-refractivity contribution in [3.63, 3.8) is 0 Å². The molecule has 94 valence electrons. The molecule has 1 aliphatic rings. The number of ether oxygens (including phenoxy) is 2. The van der Waals surface area contributed by atoms with E-state index >= 15 is 0 Å². The fourth-order valence-corrected chi connectivity index (χ4v) is 2.49. The highest BCUT2D eigenvalue weighted by molar-refractivity contribution is 5.49. The molecule has 1 aromatic rings. The lowest BCUT2D eigenvalue weighted by Crippen LogP contribution is -2.29. The summed E-state index contributed by atoms with van der Waals surface area (Å²) in [5, 5.41) is 13.8. The van der Waals surface area contributed by atoms with Crippen molar-refractivity contribution in [3.05, 3.63) is 23.3 Å². The minimum atomic E-state index is -0.832. The molecule has 0 spiro atoms. The van der Waals surface area contributed by atoms with E-state index in [-0.39, 0.29) is 0 Å². The van der Waals surface area contributed by atoms with Gasteiger partial charge in [-0.3, -0.25) is 0 Å². The lowest BCUT2D eigenvalue weighted by molar-refractivity contribution is 0.0553. The molecule has 0 amide bonds. The third-order valence-electron chi connectivity index (χ3n) is 3.33. The Kier molecular flexibility index (Phi) is 3.26. The van der Waals surface area contributed by atoms with Gasteiger partial charge in [-0.2, -0.15) is 0 Å². The van der Waals surface area contributed by atoms with Crippen molar-refractivity contribution < 1.29 is 14.6 Å². The molecule has 0 bridgehead atoms. The summed E-state index contributed by atoms with van der Waals surface area (Å²) in [6.45, 7) is 3.36. The summed E-state index contributed by atoms with van der Waals surface area (Å²) >= 11 is 0. The highest BCUT2D eigenvalue weighted by Crippen LogP contribution is 2.39. The molecule has 4 nitrogen and oxygen atoms in total. The topological polar surface area (TPSA) is 50.7 Å². The van der Waals surface area contributed by atoms with Crippen LogP contribution < -0.4 is 14.8 Å². The second kappa shape index (κ2) is 4.55. The maximum absolute atomic E-state index is 10.6. The van der Waals surface area contributed by atoms with Crippen LogP contribution in [-0.2, 0) is 5.60 Å². The molecule has 4 heteroatoms. The molecule has 2 N–H and O–H groups in total. The van der Waals surface area contributed by atoms with Crippen LogP contribution in [0, 0.1) is 6.92 Å². The third kappa shape index (κ3) is 2.10. The van der Waals surface area contributed by atoms with Crippen LogP contribution in [0.25, 0.3) is 0 Å². The van der Waals surface area contributed by atoms with E-state index in [1.165, 1.54) is 0 Å². The van der Waals surface area contributed by atoms with E-state index in [1.54, 1.807) is 14.2 Å². The average molecular weight is 237 g/mol. The molecule has 0 radical (unpaired) electrons. The maximum atomic E-state index is 10.6. The number of benzene rings is 1. The lowest BCUT2D eigenvalue weighted by Gasteiger charge is -2.26. The van der Waals surface area contributed by atoms with Gasteiger partial charge in [0.2, 0.25) is 0 Å². The lowest BCUT2D eigenvalue weighted by atomic mass is 9.88. The summed E-state index contributed by atoms with van der Waals surface area (Å²) in [4.78, 5) is 0. The Labute approximate surface area is 102 Å². The summed E-state index contributed by atoms with van der Waals surface area (Å²) in [6, 6.07) is 3.74. The molecule has 1 saturated heterocycles. The zero-order valence-corrected chi connectivity index (χ0v) is 10.5. The summed E-state index contributed by atoms with van der Waals surface area (Å²) in [5.41, 5.74) is 1.03. The second-order valence-corrected chi connectivity index (χ2v) is 4.48. The van der Waals surface area contributed by atoms with E-state index in [1.807, 2.05) is 19.1 Å². The number of rotatable bonds is 3. The highest BCUT2D eigenvalue weighted by atomic mass is 16.5. The van der Waals surface area contributed by atoms with Crippen molar-refractivity contribution in [1.29, 1.82) is 0 Å². The van der Waals surface area contributed by atoms with Crippen molar-refractivity contribution in [2.24, 2.45) is 0 Å². The minimum absolute atomic E-state index is 0.566. The second-order valence-electron chi connectivity index (χ2n) is 4.48. The van der Waals surface area contributed by atoms with Crippen LogP contribution in [-0.4, -0.2) is 32.4 Å². The van der Waals surface area contributed by atoms with Gasteiger partial charge in [0.25, 0.3) is 0 Å². The molecule has 1 atom stereocenters. The SMILES string of the molecule is COc1cc(C)c(C2(O)CCNC2)c(OC)c1. The molecule has 17 heavy (non-hydrogen) atoms. The molecule has 1 unspecified atom stereocenters. The van der Waals surface area contributed by atoms with Gasteiger partial charge >= 0.3 is 0 Å². The predicted molar refractivity (Wildman–Crippen MR) is 65.7 cm³/mol. The van der Waals surface area contributed by atoms with Gasteiger partial charge in [-0.05, 0) is 31.5 Å². The van der Waals surface area contributed by atoms with Gasteiger partial charge in [0, 0.05) is 18.2 Å². The summed E-state index contributed by atoms with van der Waals surface area (Å²) in [5.74, 6) is 1.44. The predicted octanol–water partition coefficient (Wildman–Crippen LogP) is 1.19. The van der Waals surface area contributed by atoms with Crippen molar-refractivity contribution in [3.8, 4) is 11.5 Å². The van der Waals surface area contributed by atoms with Crippen LogP contribution in [0.5, 0.6) is 11.5 Å². The Morgan fingerprint density at radius 2 is 2.06 bits per heavy atom. The number of aliphatic hydroxyl groups is 1. The number of aryl methyl sites for hydroxylation is 1. The smallest absolute Gasteiger partial charge is 0.128 e. The monoisotopic (exact) mass is 237 g/mol. The molecule has 2 rings (SSSR count). The van der Waals surface area contributed by atoms with Crippen molar-refractivity contribution in [1.82, 2.24) is 5.32 Å². The Bertz CT molecular complexity index is 411. The van der Waals surface area contributed by atoms with Gasteiger partial charge in [0.1, 0.15) is 17.1 Å². The van der Waals surface area contributed by atoms with Crippen LogP contribution in [0.4, 0.5) is 0 Å². The van der Waals surface area contributed by atoms with Gasteiger partial charge in [-0.1, -0.05) is 0 Å². The zero-order valence-electron chi connectivity index (χ0n) is 10.5. The number of hydrogen-bond donors (Lipinski definition) is 2. The van der Waals surface area contributed by atoms with Gasteiger partial charge in [-0.15, -0.1) is 0 Å². The number of hydrogen-bond acceptors (Lipinski definition) is 4. The van der Waals surface area contributed by atoms with E-state index in [0.717, 1.165) is 23.4 Å². The Morgan fingerprint density at radius 3 is 2.59 bits per heavy atom. The van der Waals surface area contributed by atoms with E-state index in [0.29, 0.717) is 18.7 Å². The van der Waals surface area contributed by atoms with Crippen LogP contribution in [0.1, 0.15) is 17.5 Å². The molecule has 0 saturated carbocycles. The van der Waals surface area contributed by atoms with E-state index in [4.69, 9.17) is 9.47 Å². The Morgan fingerprint density at radius 1 is 1.29 bits per heavy atom. The first-order valence-corrected chi connectivity index (χ1v) is 5.77. The van der Waals surface area contributed by atoms with Crippen LogP contribution >= 0.6 is 0 Å². The largest absolute Gasteiger partial charge is 0.497 e.